The van der Waals surface area contributed by atoms with E-state index < -0.39 is 52.7 Å². The third-order valence-electron chi connectivity index (χ3n) is 7.96. The van der Waals surface area contributed by atoms with Gasteiger partial charge in [0, 0.05) is 12.3 Å². The van der Waals surface area contributed by atoms with E-state index >= 15 is 0 Å². The Labute approximate surface area is 151 Å². The molecule has 9 atom stereocenters. The maximum absolute atomic E-state index is 13.2. The summed E-state index contributed by atoms with van der Waals surface area (Å²) in [6, 6.07) is 0. The minimum Gasteiger partial charge on any atom is -0.512 e. The van der Waals surface area contributed by atoms with E-state index in [-0.39, 0.29) is 29.5 Å². The van der Waals surface area contributed by atoms with Crippen LogP contribution in [-0.2, 0) is 19.1 Å². The van der Waals surface area contributed by atoms with Crippen molar-refractivity contribution in [3.8, 4) is 0 Å². The number of esters is 1. The first kappa shape index (κ1) is 16.7. The molecule has 26 heavy (non-hydrogen) atoms. The molecule has 0 aromatic carbocycles. The van der Waals surface area contributed by atoms with E-state index in [1.165, 1.54) is 0 Å². The summed E-state index contributed by atoms with van der Waals surface area (Å²) in [6.07, 6.45) is -1.32. The molecule has 2 spiro atoms. The molecule has 7 heteroatoms. The van der Waals surface area contributed by atoms with Crippen molar-refractivity contribution in [1.82, 2.24) is 0 Å². The Hall–Kier alpha value is -1.44. The molecule has 3 N–H and O–H groups in total. The first-order valence-electron chi connectivity index (χ1n) is 9.38. The first-order chi connectivity index (χ1) is 12.1. The summed E-state index contributed by atoms with van der Waals surface area (Å²) in [5.41, 5.74) is -3.90. The summed E-state index contributed by atoms with van der Waals surface area (Å²) in [5.74, 6) is -3.40. The highest BCUT2D eigenvalue weighted by Gasteiger charge is 2.89. The number of aliphatic hydroxyl groups is 3. The maximum atomic E-state index is 13.2. The van der Waals surface area contributed by atoms with Crippen LogP contribution in [0.3, 0.4) is 0 Å². The van der Waals surface area contributed by atoms with Gasteiger partial charge in [-0.3, -0.25) is 4.79 Å². The van der Waals surface area contributed by atoms with Gasteiger partial charge in [-0.2, -0.15) is 0 Å². The minimum atomic E-state index is -1.52. The van der Waals surface area contributed by atoms with E-state index in [0.717, 1.165) is 0 Å². The van der Waals surface area contributed by atoms with Crippen molar-refractivity contribution in [2.45, 2.75) is 69.0 Å². The SMILES string of the molecule is C[C@H]1CC/C(O)=C2/C(=O)O[C@]34C[C@H](C)[C@]5(C)O[C@]23[C@H](C1=O)[C@@H](O)[C@H]4[C@@H]5O. The van der Waals surface area contributed by atoms with Crippen LogP contribution >= 0.6 is 0 Å². The van der Waals surface area contributed by atoms with Crippen molar-refractivity contribution in [2.24, 2.45) is 23.7 Å². The first-order valence-corrected chi connectivity index (χ1v) is 9.38. The van der Waals surface area contributed by atoms with E-state index in [0.29, 0.717) is 12.8 Å². The molecule has 6 rings (SSSR count). The number of hydrogen-bond donors (Lipinski definition) is 3. The van der Waals surface area contributed by atoms with Crippen LogP contribution in [0, 0.1) is 23.7 Å². The number of ketones is 1. The fourth-order valence-corrected chi connectivity index (χ4v) is 6.53. The predicted octanol–water partition coefficient (Wildman–Crippen LogP) is 0.628. The smallest absolute Gasteiger partial charge is 0.341 e. The molecule has 0 aromatic heterocycles. The number of Topliss-reactive ketones (excluding diaryl/α,β-unsaturated/α-hetero) is 1. The number of hydrogen-bond acceptors (Lipinski definition) is 7. The van der Waals surface area contributed by atoms with Gasteiger partial charge in [0.15, 0.2) is 11.2 Å². The summed E-state index contributed by atoms with van der Waals surface area (Å²) < 4.78 is 12.2. The largest absolute Gasteiger partial charge is 0.512 e. The number of allylic oxidation sites excluding steroid dienone is 1. The molecule has 142 valence electrons. The Balaban J connectivity index is 1.87. The lowest BCUT2D eigenvalue weighted by molar-refractivity contribution is -0.342. The summed E-state index contributed by atoms with van der Waals surface area (Å²) in [4.78, 5) is 26.0. The van der Waals surface area contributed by atoms with Gasteiger partial charge >= 0.3 is 5.97 Å². The summed E-state index contributed by atoms with van der Waals surface area (Å²) >= 11 is 0. The van der Waals surface area contributed by atoms with Gasteiger partial charge in [0.2, 0.25) is 0 Å². The quantitative estimate of drug-likeness (QED) is 0.540. The zero-order valence-electron chi connectivity index (χ0n) is 15.1. The third kappa shape index (κ3) is 1.40. The van der Waals surface area contributed by atoms with Crippen molar-refractivity contribution >= 4 is 11.8 Å². The second-order valence-corrected chi connectivity index (χ2v) is 9.01. The van der Waals surface area contributed by atoms with Crippen LogP contribution in [0.1, 0.15) is 40.0 Å². The highest BCUT2D eigenvalue weighted by molar-refractivity contribution is 6.00. The van der Waals surface area contributed by atoms with Crippen molar-refractivity contribution in [3.63, 3.8) is 0 Å². The molecule has 3 heterocycles. The van der Waals surface area contributed by atoms with E-state index in [2.05, 4.69) is 0 Å². The van der Waals surface area contributed by atoms with Gasteiger partial charge < -0.3 is 24.8 Å². The number of aliphatic hydroxyl groups excluding tert-OH is 3. The van der Waals surface area contributed by atoms with Crippen molar-refractivity contribution < 1.29 is 34.4 Å². The highest BCUT2D eigenvalue weighted by atomic mass is 16.6. The van der Waals surface area contributed by atoms with Gasteiger partial charge in [0.05, 0.1) is 29.6 Å². The summed E-state index contributed by atoms with van der Waals surface area (Å²) in [5, 5.41) is 32.8. The monoisotopic (exact) mass is 364 g/mol. The van der Waals surface area contributed by atoms with Crippen LogP contribution in [0.5, 0.6) is 0 Å². The van der Waals surface area contributed by atoms with Crippen LogP contribution in [0.2, 0.25) is 0 Å². The fourth-order valence-electron chi connectivity index (χ4n) is 6.53. The van der Waals surface area contributed by atoms with Gasteiger partial charge in [0.25, 0.3) is 0 Å². The van der Waals surface area contributed by atoms with Crippen LogP contribution in [0.25, 0.3) is 0 Å². The molecule has 0 unspecified atom stereocenters. The standard InChI is InChI=1S/C19H24O7/c1-7-4-5-9(20)10-16(24)25-18-6-8(2)17(3)15(23)12(18)14(22)11(13(7)21)19(10,18)26-17/h7-8,11-12,14-15,20,22-23H,4-6H2,1-3H3/b10-9+/t7-,8-,11+,12-,14+,15-,17-,18-,19-/m0/s1. The summed E-state index contributed by atoms with van der Waals surface area (Å²) in [7, 11) is 0. The predicted molar refractivity (Wildman–Crippen MR) is 86.9 cm³/mol. The molecule has 0 radical (unpaired) electrons. The lowest BCUT2D eigenvalue weighted by Crippen LogP contribution is -2.76. The van der Waals surface area contributed by atoms with Gasteiger partial charge in [-0.1, -0.05) is 13.8 Å². The molecule has 3 aliphatic carbocycles. The average Bonchev–Trinajstić information content (AvgIpc) is 2.87. The molecule has 0 amide bonds. The molecule has 5 fully saturated rings. The van der Waals surface area contributed by atoms with Crippen molar-refractivity contribution in [3.05, 3.63) is 11.3 Å². The zero-order valence-corrected chi connectivity index (χ0v) is 15.1. The normalized spacial score (nSPS) is 60.5. The fraction of sp³-hybridized carbons (Fsp3) is 0.789. The Morgan fingerprint density at radius 3 is 2.58 bits per heavy atom. The Morgan fingerprint density at radius 1 is 1.19 bits per heavy atom. The number of fused-ring (bicyclic) bond motifs is 1. The van der Waals surface area contributed by atoms with Crippen LogP contribution in [0.15, 0.2) is 11.3 Å². The third-order valence-corrected chi connectivity index (χ3v) is 7.96. The Bertz CT molecular complexity index is 774. The van der Waals surface area contributed by atoms with E-state index in [1.54, 1.807) is 13.8 Å². The molecule has 7 nitrogen and oxygen atoms in total. The number of carbonyl (C=O) groups is 2. The molecular formula is C19H24O7. The molecule has 0 aromatic rings. The molecule has 2 saturated carbocycles. The van der Waals surface area contributed by atoms with Crippen LogP contribution < -0.4 is 0 Å². The lowest BCUT2D eigenvalue weighted by Gasteiger charge is -2.63. The van der Waals surface area contributed by atoms with Crippen LogP contribution in [0.4, 0.5) is 0 Å². The molecule has 3 saturated heterocycles. The topological polar surface area (TPSA) is 113 Å². The lowest BCUT2D eigenvalue weighted by atomic mass is 9.56. The second-order valence-electron chi connectivity index (χ2n) is 9.01. The second kappa shape index (κ2) is 4.51. The molecular weight excluding hydrogens is 340 g/mol. The van der Waals surface area contributed by atoms with Gasteiger partial charge in [0.1, 0.15) is 17.1 Å². The summed E-state index contributed by atoms with van der Waals surface area (Å²) in [6.45, 7) is 5.42. The van der Waals surface area contributed by atoms with Crippen molar-refractivity contribution in [1.29, 1.82) is 0 Å². The molecule has 3 aliphatic heterocycles. The minimum absolute atomic E-state index is 0.0191. The number of rotatable bonds is 0. The number of carbonyl (C=O) groups excluding carboxylic acids is 2. The average molecular weight is 364 g/mol. The highest BCUT2D eigenvalue weighted by Crippen LogP contribution is 2.73. The van der Waals surface area contributed by atoms with Crippen LogP contribution in [-0.4, -0.2) is 56.1 Å². The number of ether oxygens (including phenoxy) is 2. The Kier molecular flexibility index (Phi) is 2.90. The molecule has 6 aliphatic rings. The van der Waals surface area contributed by atoms with Gasteiger partial charge in [-0.15, -0.1) is 0 Å². The van der Waals surface area contributed by atoms with E-state index in [9.17, 15) is 24.9 Å². The van der Waals surface area contributed by atoms with Crippen molar-refractivity contribution in [2.75, 3.05) is 0 Å². The maximum Gasteiger partial charge on any atom is 0.341 e. The zero-order chi connectivity index (χ0) is 18.8. The van der Waals surface area contributed by atoms with E-state index in [1.807, 2.05) is 6.92 Å². The van der Waals surface area contributed by atoms with Gasteiger partial charge in [-0.05, 0) is 25.7 Å². The molecule has 4 bridgehead atoms. The Morgan fingerprint density at radius 2 is 1.88 bits per heavy atom. The van der Waals surface area contributed by atoms with Gasteiger partial charge in [-0.25, -0.2) is 4.79 Å². The van der Waals surface area contributed by atoms with E-state index in [4.69, 9.17) is 9.47 Å².